The van der Waals surface area contributed by atoms with Gasteiger partial charge in [-0.3, -0.25) is 4.79 Å². The molecule has 2 rings (SSSR count). The average molecular weight is 271 g/mol. The van der Waals surface area contributed by atoms with Crippen molar-refractivity contribution in [1.29, 1.82) is 0 Å². The number of nitrogens with two attached hydrogens (primary N) is 1. The van der Waals surface area contributed by atoms with Crippen molar-refractivity contribution in [3.63, 3.8) is 0 Å². The SMILES string of the molecule is CC(OC(=O)c1ccccc1)[n+]1cccc(C(N)=O)c1. The van der Waals surface area contributed by atoms with Gasteiger partial charge in [0.05, 0.1) is 5.56 Å². The summed E-state index contributed by atoms with van der Waals surface area (Å²) in [5, 5.41) is 0. The standard InChI is InChI=1S/C15H14N2O3/c1-11(17-9-5-8-13(10-17)14(16)18)20-15(19)12-6-3-2-4-7-12/h2-11H,1H3,(H-,16,18)/p+1. The molecule has 0 spiro atoms. The van der Waals surface area contributed by atoms with Crippen LogP contribution in [-0.2, 0) is 4.74 Å². The van der Waals surface area contributed by atoms with Crippen LogP contribution in [0.5, 0.6) is 0 Å². The molecule has 0 saturated carbocycles. The number of benzene rings is 1. The lowest BCUT2D eigenvalue weighted by Gasteiger charge is -2.09. The Bertz CT molecular complexity index is 626. The van der Waals surface area contributed by atoms with E-state index < -0.39 is 18.1 Å². The minimum absolute atomic E-state index is 0.357. The van der Waals surface area contributed by atoms with Crippen molar-refractivity contribution in [3.8, 4) is 0 Å². The number of primary amides is 1. The summed E-state index contributed by atoms with van der Waals surface area (Å²) in [4.78, 5) is 23.0. The van der Waals surface area contributed by atoms with Crippen LogP contribution in [0.25, 0.3) is 0 Å². The van der Waals surface area contributed by atoms with Crippen molar-refractivity contribution in [2.45, 2.75) is 13.2 Å². The number of nitrogens with zero attached hydrogens (tertiary/aromatic N) is 1. The maximum Gasteiger partial charge on any atom is 0.343 e. The van der Waals surface area contributed by atoms with Gasteiger partial charge < -0.3 is 10.5 Å². The Morgan fingerprint density at radius 1 is 1.10 bits per heavy atom. The van der Waals surface area contributed by atoms with Crippen LogP contribution in [0.4, 0.5) is 0 Å². The number of esters is 1. The van der Waals surface area contributed by atoms with E-state index in [0.29, 0.717) is 11.1 Å². The zero-order valence-electron chi connectivity index (χ0n) is 11.0. The molecule has 0 aliphatic heterocycles. The van der Waals surface area contributed by atoms with Crippen LogP contribution in [0.3, 0.4) is 0 Å². The first-order chi connectivity index (χ1) is 9.58. The smallest absolute Gasteiger partial charge is 0.343 e. The summed E-state index contributed by atoms with van der Waals surface area (Å²) >= 11 is 0. The maximum absolute atomic E-state index is 11.9. The Morgan fingerprint density at radius 2 is 1.75 bits per heavy atom. The molecule has 0 aliphatic carbocycles. The molecule has 2 N–H and O–H groups in total. The van der Waals surface area contributed by atoms with Crippen molar-refractivity contribution in [2.75, 3.05) is 0 Å². The van der Waals surface area contributed by atoms with E-state index in [0.717, 1.165) is 0 Å². The molecule has 1 atom stereocenters. The Labute approximate surface area is 116 Å². The molecule has 1 heterocycles. The molecule has 5 heteroatoms. The van der Waals surface area contributed by atoms with Crippen LogP contribution in [-0.4, -0.2) is 11.9 Å². The summed E-state index contributed by atoms with van der Waals surface area (Å²) in [6.07, 6.45) is 2.71. The molecule has 0 bridgehead atoms. The maximum atomic E-state index is 11.9. The van der Waals surface area contributed by atoms with Gasteiger partial charge in [0.15, 0.2) is 12.4 Å². The fraction of sp³-hybridized carbons (Fsp3) is 0.133. The van der Waals surface area contributed by atoms with Crippen LogP contribution in [0, 0.1) is 0 Å². The number of amides is 1. The number of hydrogen-bond acceptors (Lipinski definition) is 3. The Morgan fingerprint density at radius 3 is 2.40 bits per heavy atom. The highest BCUT2D eigenvalue weighted by molar-refractivity contribution is 5.92. The van der Waals surface area contributed by atoms with Gasteiger partial charge in [-0.2, -0.15) is 4.57 Å². The number of aromatic nitrogens is 1. The summed E-state index contributed by atoms with van der Waals surface area (Å²) in [5.41, 5.74) is 6.05. The lowest BCUT2D eigenvalue weighted by atomic mass is 10.2. The Kier molecular flexibility index (Phi) is 4.10. The molecular formula is C15H15N2O3+. The van der Waals surface area contributed by atoms with Crippen LogP contribution in [0.2, 0.25) is 0 Å². The van der Waals surface area contributed by atoms with Gasteiger partial charge in [-0.05, 0) is 18.2 Å². The first-order valence-corrected chi connectivity index (χ1v) is 6.14. The third kappa shape index (κ3) is 3.20. The molecule has 5 nitrogen and oxygen atoms in total. The quantitative estimate of drug-likeness (QED) is 0.675. The van der Waals surface area contributed by atoms with Crippen molar-refractivity contribution >= 4 is 11.9 Å². The van der Waals surface area contributed by atoms with Gasteiger partial charge in [0.1, 0.15) is 5.56 Å². The number of carbonyl (C=O) groups excluding carboxylic acids is 2. The molecule has 20 heavy (non-hydrogen) atoms. The fourth-order valence-electron chi connectivity index (χ4n) is 1.72. The summed E-state index contributed by atoms with van der Waals surface area (Å²) in [5.74, 6) is -0.948. The molecule has 0 radical (unpaired) electrons. The van der Waals surface area contributed by atoms with Crippen LogP contribution in [0.15, 0.2) is 54.9 Å². The van der Waals surface area contributed by atoms with Crippen molar-refractivity contribution in [3.05, 3.63) is 66.0 Å². The first-order valence-electron chi connectivity index (χ1n) is 6.14. The number of pyridine rings is 1. The lowest BCUT2D eigenvalue weighted by Crippen LogP contribution is -2.40. The molecule has 1 unspecified atom stereocenters. The van der Waals surface area contributed by atoms with E-state index in [2.05, 4.69) is 0 Å². The van der Waals surface area contributed by atoms with Crippen LogP contribution < -0.4 is 10.3 Å². The number of rotatable bonds is 4. The van der Waals surface area contributed by atoms with Gasteiger partial charge in [0.2, 0.25) is 0 Å². The molecule has 1 aromatic heterocycles. The molecule has 0 aliphatic rings. The first kappa shape index (κ1) is 13.7. The van der Waals surface area contributed by atoms with E-state index in [9.17, 15) is 9.59 Å². The minimum atomic E-state index is -0.540. The van der Waals surface area contributed by atoms with E-state index in [1.54, 1.807) is 60.3 Å². The number of carbonyl (C=O) groups is 2. The summed E-state index contributed by atoms with van der Waals surface area (Å²) in [7, 11) is 0. The summed E-state index contributed by atoms with van der Waals surface area (Å²) in [6.45, 7) is 1.71. The monoisotopic (exact) mass is 271 g/mol. The highest BCUT2D eigenvalue weighted by Gasteiger charge is 2.19. The molecule has 0 fully saturated rings. The highest BCUT2D eigenvalue weighted by atomic mass is 16.6. The molecule has 102 valence electrons. The third-order valence-corrected chi connectivity index (χ3v) is 2.81. The average Bonchev–Trinajstić information content (AvgIpc) is 2.48. The third-order valence-electron chi connectivity index (χ3n) is 2.81. The van der Waals surface area contributed by atoms with E-state index >= 15 is 0 Å². The molecule has 2 aromatic rings. The molecule has 1 aromatic carbocycles. The van der Waals surface area contributed by atoms with Gasteiger partial charge in [0.25, 0.3) is 5.91 Å². The van der Waals surface area contributed by atoms with Crippen molar-refractivity contribution < 1.29 is 18.9 Å². The summed E-state index contributed by atoms with van der Waals surface area (Å²) < 4.78 is 6.94. The zero-order valence-corrected chi connectivity index (χ0v) is 11.0. The van der Waals surface area contributed by atoms with Gasteiger partial charge in [0, 0.05) is 13.0 Å². The molecular weight excluding hydrogens is 256 g/mol. The highest BCUT2D eigenvalue weighted by Crippen LogP contribution is 2.07. The lowest BCUT2D eigenvalue weighted by molar-refractivity contribution is -0.752. The van der Waals surface area contributed by atoms with E-state index in [4.69, 9.17) is 10.5 Å². The Hall–Kier alpha value is -2.69. The van der Waals surface area contributed by atoms with Gasteiger partial charge >= 0.3 is 12.2 Å². The second kappa shape index (κ2) is 5.97. The summed E-state index contributed by atoms with van der Waals surface area (Å²) in [6, 6.07) is 12.0. The van der Waals surface area contributed by atoms with Gasteiger partial charge in [-0.1, -0.05) is 18.2 Å². The van der Waals surface area contributed by atoms with Crippen LogP contribution >= 0.6 is 0 Å². The second-order valence-corrected chi connectivity index (χ2v) is 4.27. The molecule has 1 amide bonds. The number of hydrogen-bond donors (Lipinski definition) is 1. The predicted octanol–water partition coefficient (Wildman–Crippen LogP) is 1.45. The topological polar surface area (TPSA) is 73.3 Å². The molecule has 0 saturated heterocycles. The zero-order chi connectivity index (χ0) is 14.5. The largest absolute Gasteiger partial charge is 0.399 e. The van der Waals surface area contributed by atoms with Gasteiger partial charge in [-0.25, -0.2) is 4.79 Å². The van der Waals surface area contributed by atoms with Gasteiger partial charge in [-0.15, -0.1) is 0 Å². The van der Waals surface area contributed by atoms with E-state index in [1.165, 1.54) is 0 Å². The predicted molar refractivity (Wildman–Crippen MR) is 71.7 cm³/mol. The normalized spacial score (nSPS) is 11.7. The van der Waals surface area contributed by atoms with Crippen molar-refractivity contribution in [1.82, 2.24) is 0 Å². The van der Waals surface area contributed by atoms with Crippen LogP contribution in [0.1, 0.15) is 33.9 Å². The number of ether oxygens (including phenoxy) is 1. The second-order valence-electron chi connectivity index (χ2n) is 4.27. The minimum Gasteiger partial charge on any atom is -0.399 e. The van der Waals surface area contributed by atoms with Crippen molar-refractivity contribution in [2.24, 2.45) is 5.73 Å². The fourth-order valence-corrected chi connectivity index (χ4v) is 1.72. The van der Waals surface area contributed by atoms with E-state index in [-0.39, 0.29) is 0 Å². The Balaban J connectivity index is 2.12. The van der Waals surface area contributed by atoms with E-state index in [1.807, 2.05) is 6.07 Å².